The normalized spacial score (nSPS) is 10.6. The van der Waals surface area contributed by atoms with Gasteiger partial charge in [0.05, 0.1) is 11.3 Å². The Labute approximate surface area is 224 Å². The Morgan fingerprint density at radius 1 is 0.872 bits per heavy atom. The molecule has 6 N–H and O–H groups in total. The maximum absolute atomic E-state index is 13.2. The first-order chi connectivity index (χ1) is 18.9. The number of primary amides is 1. The van der Waals surface area contributed by atoms with Crippen molar-refractivity contribution in [2.24, 2.45) is 5.73 Å². The number of amides is 2. The van der Waals surface area contributed by atoms with Gasteiger partial charge in [-0.05, 0) is 55.0 Å². The predicted octanol–water partition coefficient (Wildman–Crippen LogP) is 4.59. The number of nitrogen functional groups attached to an aromatic ring is 1. The first kappa shape index (κ1) is 25.0. The van der Waals surface area contributed by atoms with Crippen LogP contribution < -0.4 is 22.1 Å². The summed E-state index contributed by atoms with van der Waals surface area (Å²) in [5, 5.41) is 6.10. The fourth-order valence-electron chi connectivity index (χ4n) is 3.99. The number of pyridine rings is 2. The van der Waals surface area contributed by atoms with Crippen LogP contribution in [-0.2, 0) is 0 Å². The molecule has 0 saturated heterocycles. The number of nitrogens with one attached hydrogen (secondary N) is 2. The summed E-state index contributed by atoms with van der Waals surface area (Å²) in [4.78, 5) is 42.4. The van der Waals surface area contributed by atoms with E-state index >= 15 is 0 Å². The molecule has 0 unspecified atom stereocenters. The summed E-state index contributed by atoms with van der Waals surface area (Å²) in [6.45, 7) is 1.93. The van der Waals surface area contributed by atoms with E-state index in [1.807, 2.05) is 25.1 Å². The number of benzene rings is 2. The second-order valence-electron chi connectivity index (χ2n) is 8.69. The highest BCUT2D eigenvalue weighted by Crippen LogP contribution is 2.29. The number of aromatic nitrogens is 4. The van der Waals surface area contributed by atoms with Crippen LogP contribution in [-0.4, -0.2) is 31.8 Å². The van der Waals surface area contributed by atoms with Gasteiger partial charge in [0.15, 0.2) is 0 Å². The van der Waals surface area contributed by atoms with Crippen molar-refractivity contribution in [2.75, 3.05) is 16.4 Å². The molecule has 0 radical (unpaired) electrons. The summed E-state index contributed by atoms with van der Waals surface area (Å²) in [7, 11) is 0. The van der Waals surface area contributed by atoms with Crippen LogP contribution in [0.25, 0.3) is 22.4 Å². The van der Waals surface area contributed by atoms with Crippen LogP contribution in [0.5, 0.6) is 0 Å². The van der Waals surface area contributed by atoms with E-state index in [1.54, 1.807) is 67.1 Å². The molecule has 10 nitrogen and oxygen atoms in total. The topological polar surface area (TPSA) is 162 Å². The smallest absolute Gasteiger partial charge is 0.267 e. The lowest BCUT2D eigenvalue weighted by atomic mass is 10.00. The number of carbonyl (C=O) groups is 2. The lowest BCUT2D eigenvalue weighted by molar-refractivity contribution is 0.0991. The number of para-hydroxylation sites is 1. The van der Waals surface area contributed by atoms with E-state index in [1.165, 1.54) is 6.20 Å². The van der Waals surface area contributed by atoms with Crippen LogP contribution in [0.2, 0.25) is 0 Å². The molecule has 2 aromatic carbocycles. The molecule has 0 aliphatic rings. The van der Waals surface area contributed by atoms with Crippen molar-refractivity contribution >= 4 is 34.8 Å². The van der Waals surface area contributed by atoms with E-state index in [-0.39, 0.29) is 11.3 Å². The number of hydrogen-bond donors (Lipinski definition) is 4. The van der Waals surface area contributed by atoms with Crippen molar-refractivity contribution < 1.29 is 9.59 Å². The highest BCUT2D eigenvalue weighted by Gasteiger charge is 2.18. The molecule has 39 heavy (non-hydrogen) atoms. The molecule has 0 bridgehead atoms. The standard InChI is InChI=1S/C29H24N8O2/c1-17-8-9-20(14-25(17)37-29-33-12-10-24(36-29)18-5-4-11-32-15-18)35-28(39)19-13-22(26(27(31)38)34-16-19)21-6-2-3-7-23(21)30/h2-16H,30H2,1H3,(H2,31,38)(H,35,39)(H,33,36,37). The van der Waals surface area contributed by atoms with Crippen molar-refractivity contribution in [1.82, 2.24) is 19.9 Å². The fraction of sp³-hybridized carbons (Fsp3) is 0.0345. The molecule has 0 atom stereocenters. The summed E-state index contributed by atoms with van der Waals surface area (Å²) in [6, 6.07) is 19.6. The molecule has 2 amide bonds. The van der Waals surface area contributed by atoms with Gasteiger partial charge in [-0.3, -0.25) is 14.6 Å². The van der Waals surface area contributed by atoms with Crippen LogP contribution in [0.3, 0.4) is 0 Å². The lowest BCUT2D eigenvalue weighted by Crippen LogP contribution is -2.18. The zero-order valence-corrected chi connectivity index (χ0v) is 20.9. The highest BCUT2D eigenvalue weighted by molar-refractivity contribution is 6.07. The van der Waals surface area contributed by atoms with Gasteiger partial charge < -0.3 is 22.1 Å². The van der Waals surface area contributed by atoms with Gasteiger partial charge in [-0.1, -0.05) is 24.3 Å². The van der Waals surface area contributed by atoms with Crippen LogP contribution in [0, 0.1) is 6.92 Å². The second-order valence-corrected chi connectivity index (χ2v) is 8.69. The highest BCUT2D eigenvalue weighted by atomic mass is 16.2. The molecule has 0 fully saturated rings. The summed E-state index contributed by atoms with van der Waals surface area (Å²) >= 11 is 0. The number of rotatable bonds is 7. The molecule has 3 heterocycles. The molecular weight excluding hydrogens is 492 g/mol. The lowest BCUT2D eigenvalue weighted by Gasteiger charge is -2.13. The van der Waals surface area contributed by atoms with Crippen molar-refractivity contribution in [3.63, 3.8) is 0 Å². The molecule has 10 heteroatoms. The molecule has 0 aliphatic heterocycles. The fourth-order valence-corrected chi connectivity index (χ4v) is 3.99. The maximum atomic E-state index is 13.2. The van der Waals surface area contributed by atoms with Crippen molar-refractivity contribution in [3.8, 4) is 22.4 Å². The SMILES string of the molecule is Cc1ccc(NC(=O)c2cnc(C(N)=O)c(-c3ccccc3N)c2)cc1Nc1nccc(-c2cccnc2)n1. The molecule has 0 saturated carbocycles. The first-order valence-electron chi connectivity index (χ1n) is 12.0. The summed E-state index contributed by atoms with van der Waals surface area (Å²) in [5.74, 6) is -0.734. The molecule has 3 aromatic heterocycles. The van der Waals surface area contributed by atoms with E-state index < -0.39 is 11.8 Å². The predicted molar refractivity (Wildman–Crippen MR) is 150 cm³/mol. The van der Waals surface area contributed by atoms with Gasteiger partial charge in [-0.25, -0.2) is 15.0 Å². The third-order valence-corrected chi connectivity index (χ3v) is 5.99. The molecule has 0 spiro atoms. The molecular formula is C29H24N8O2. The summed E-state index contributed by atoms with van der Waals surface area (Å²) in [6.07, 6.45) is 6.41. The number of aryl methyl sites for hydroxylation is 1. The van der Waals surface area contributed by atoms with E-state index in [2.05, 4.69) is 30.6 Å². The minimum atomic E-state index is -0.718. The Hall–Kier alpha value is -5.64. The Morgan fingerprint density at radius 3 is 2.49 bits per heavy atom. The van der Waals surface area contributed by atoms with E-state index in [0.717, 1.165) is 22.5 Å². The van der Waals surface area contributed by atoms with E-state index in [0.29, 0.717) is 28.5 Å². The second kappa shape index (κ2) is 10.8. The summed E-state index contributed by atoms with van der Waals surface area (Å²) in [5.41, 5.74) is 17.0. The summed E-state index contributed by atoms with van der Waals surface area (Å²) < 4.78 is 0. The maximum Gasteiger partial charge on any atom is 0.267 e. The monoisotopic (exact) mass is 516 g/mol. The minimum absolute atomic E-state index is 0.0276. The van der Waals surface area contributed by atoms with Crippen molar-refractivity contribution in [1.29, 1.82) is 0 Å². The Balaban J connectivity index is 1.40. The van der Waals surface area contributed by atoms with Gasteiger partial charge in [-0.15, -0.1) is 0 Å². The van der Waals surface area contributed by atoms with E-state index in [9.17, 15) is 9.59 Å². The minimum Gasteiger partial charge on any atom is -0.398 e. The number of nitrogens with zero attached hydrogens (tertiary/aromatic N) is 4. The van der Waals surface area contributed by atoms with Crippen LogP contribution in [0.15, 0.2) is 91.5 Å². The van der Waals surface area contributed by atoms with Gasteiger partial charge in [0.25, 0.3) is 11.8 Å². The number of hydrogen-bond acceptors (Lipinski definition) is 8. The van der Waals surface area contributed by atoms with Crippen molar-refractivity contribution in [2.45, 2.75) is 6.92 Å². The van der Waals surface area contributed by atoms with Crippen molar-refractivity contribution in [3.05, 3.63) is 108 Å². The molecule has 0 aliphatic carbocycles. The van der Waals surface area contributed by atoms with Crippen LogP contribution in [0.4, 0.5) is 23.0 Å². The zero-order valence-electron chi connectivity index (χ0n) is 20.9. The van der Waals surface area contributed by atoms with Gasteiger partial charge >= 0.3 is 0 Å². The molecule has 5 rings (SSSR count). The molecule has 5 aromatic rings. The quantitative estimate of drug-likeness (QED) is 0.228. The third kappa shape index (κ3) is 5.54. The van der Waals surface area contributed by atoms with Crippen LogP contribution >= 0.6 is 0 Å². The first-order valence-corrected chi connectivity index (χ1v) is 12.0. The van der Waals surface area contributed by atoms with Crippen LogP contribution in [0.1, 0.15) is 26.4 Å². The third-order valence-electron chi connectivity index (χ3n) is 5.99. The van der Waals surface area contributed by atoms with Gasteiger partial charge in [0.2, 0.25) is 5.95 Å². The Morgan fingerprint density at radius 2 is 1.72 bits per heavy atom. The average molecular weight is 517 g/mol. The Bertz CT molecular complexity index is 1690. The van der Waals surface area contributed by atoms with Gasteiger partial charge in [0, 0.05) is 58.5 Å². The number of anilines is 4. The largest absolute Gasteiger partial charge is 0.398 e. The molecule has 192 valence electrons. The number of carbonyl (C=O) groups excluding carboxylic acids is 2. The average Bonchev–Trinajstić information content (AvgIpc) is 2.95. The Kier molecular flexibility index (Phi) is 6.91. The zero-order chi connectivity index (χ0) is 27.4. The van der Waals surface area contributed by atoms with Gasteiger partial charge in [-0.2, -0.15) is 0 Å². The van der Waals surface area contributed by atoms with Gasteiger partial charge in [0.1, 0.15) is 5.69 Å². The number of nitrogens with two attached hydrogens (primary N) is 2. The van der Waals surface area contributed by atoms with E-state index in [4.69, 9.17) is 11.5 Å².